The van der Waals surface area contributed by atoms with Crippen molar-refractivity contribution in [2.75, 3.05) is 0 Å². The number of nitrogens with one attached hydrogen (secondary N) is 1. The molecule has 0 bridgehead atoms. The van der Waals surface area contributed by atoms with Crippen LogP contribution in [0.2, 0.25) is 0 Å². The molecule has 0 aromatic heterocycles. The Bertz CT molecular complexity index is 325. The average molecular weight is 283 g/mol. The van der Waals surface area contributed by atoms with E-state index in [2.05, 4.69) is 5.32 Å². The molecule has 0 heterocycles. The smallest absolute Gasteiger partial charge is 0.407 e. The summed E-state index contributed by atoms with van der Waals surface area (Å²) in [6.07, 6.45) is -6.58. The predicted molar refractivity (Wildman–Crippen MR) is 62.6 cm³/mol. The fourth-order valence-corrected chi connectivity index (χ4v) is 2.15. The molecule has 3 atom stereocenters. The SMILES string of the molecule is CC(C)(C)OC(=O)N[C@H]1C[C@H](O)C[C@@H](C(F)(F)F)C1. The summed E-state index contributed by atoms with van der Waals surface area (Å²) in [6, 6.07) is -0.717. The second kappa shape index (κ2) is 5.56. The van der Waals surface area contributed by atoms with Crippen LogP contribution in [0.15, 0.2) is 0 Å². The van der Waals surface area contributed by atoms with Gasteiger partial charge in [-0.3, -0.25) is 0 Å². The summed E-state index contributed by atoms with van der Waals surface area (Å²) in [5.41, 5.74) is -0.708. The molecule has 7 heteroatoms. The lowest BCUT2D eigenvalue weighted by molar-refractivity contribution is -0.191. The number of hydrogen-bond acceptors (Lipinski definition) is 3. The first-order valence-corrected chi connectivity index (χ1v) is 6.21. The van der Waals surface area contributed by atoms with Crippen LogP contribution in [0.1, 0.15) is 40.0 Å². The fraction of sp³-hybridized carbons (Fsp3) is 0.917. The van der Waals surface area contributed by atoms with E-state index in [0.29, 0.717) is 0 Å². The molecule has 1 amide bonds. The van der Waals surface area contributed by atoms with Gasteiger partial charge in [-0.25, -0.2) is 4.79 Å². The molecule has 0 aliphatic heterocycles. The Morgan fingerprint density at radius 1 is 1.21 bits per heavy atom. The largest absolute Gasteiger partial charge is 0.444 e. The number of rotatable bonds is 1. The Kier molecular flexibility index (Phi) is 4.71. The first-order chi connectivity index (χ1) is 8.47. The van der Waals surface area contributed by atoms with Gasteiger partial charge in [0.2, 0.25) is 0 Å². The van der Waals surface area contributed by atoms with Crippen molar-refractivity contribution in [1.82, 2.24) is 5.32 Å². The number of hydrogen-bond donors (Lipinski definition) is 2. The van der Waals surface area contributed by atoms with Crippen LogP contribution in [-0.2, 0) is 4.74 Å². The van der Waals surface area contributed by atoms with Crippen LogP contribution in [0.4, 0.5) is 18.0 Å². The minimum absolute atomic E-state index is 0.117. The topological polar surface area (TPSA) is 58.6 Å². The van der Waals surface area contributed by atoms with Gasteiger partial charge in [0.05, 0.1) is 12.0 Å². The lowest BCUT2D eigenvalue weighted by Crippen LogP contribution is -2.47. The lowest BCUT2D eigenvalue weighted by atomic mass is 9.83. The molecule has 0 spiro atoms. The van der Waals surface area contributed by atoms with Crippen LogP contribution < -0.4 is 5.32 Å². The van der Waals surface area contributed by atoms with Gasteiger partial charge < -0.3 is 15.2 Å². The monoisotopic (exact) mass is 283 g/mol. The number of carbonyl (C=O) groups excluding carboxylic acids is 1. The maximum absolute atomic E-state index is 12.6. The number of carbonyl (C=O) groups is 1. The minimum Gasteiger partial charge on any atom is -0.444 e. The molecule has 0 radical (unpaired) electrons. The van der Waals surface area contributed by atoms with Crippen LogP contribution in [-0.4, -0.2) is 35.1 Å². The van der Waals surface area contributed by atoms with Crippen molar-refractivity contribution >= 4 is 6.09 Å². The van der Waals surface area contributed by atoms with Gasteiger partial charge in [-0.2, -0.15) is 13.2 Å². The molecule has 1 saturated carbocycles. The van der Waals surface area contributed by atoms with Gasteiger partial charge in [-0.1, -0.05) is 0 Å². The van der Waals surface area contributed by atoms with Crippen LogP contribution in [0, 0.1) is 5.92 Å². The number of halogens is 3. The summed E-state index contributed by atoms with van der Waals surface area (Å²) < 4.78 is 42.9. The van der Waals surface area contributed by atoms with Crippen molar-refractivity contribution in [3.63, 3.8) is 0 Å². The second-order valence-corrected chi connectivity index (χ2v) is 5.94. The Labute approximate surface area is 110 Å². The summed E-state index contributed by atoms with van der Waals surface area (Å²) in [6.45, 7) is 5.00. The van der Waals surface area contributed by atoms with Crippen molar-refractivity contribution in [2.24, 2.45) is 5.92 Å². The second-order valence-electron chi connectivity index (χ2n) is 5.94. The normalized spacial score (nSPS) is 28.9. The number of ether oxygens (including phenoxy) is 1. The minimum atomic E-state index is -4.35. The van der Waals surface area contributed by atoms with E-state index in [0.717, 1.165) is 0 Å². The maximum Gasteiger partial charge on any atom is 0.407 e. The van der Waals surface area contributed by atoms with Crippen LogP contribution in [0.5, 0.6) is 0 Å². The Morgan fingerprint density at radius 3 is 2.26 bits per heavy atom. The summed E-state index contributed by atoms with van der Waals surface area (Å²) in [7, 11) is 0. The van der Waals surface area contributed by atoms with Gasteiger partial charge in [0, 0.05) is 6.04 Å². The molecule has 112 valence electrons. The third-order valence-corrected chi connectivity index (χ3v) is 2.87. The first-order valence-electron chi connectivity index (χ1n) is 6.21. The Morgan fingerprint density at radius 2 is 1.79 bits per heavy atom. The standard InChI is InChI=1S/C12H20F3NO3/c1-11(2,3)19-10(18)16-8-4-7(12(13,14)15)5-9(17)6-8/h7-9,17H,4-6H2,1-3H3,(H,16,18)/t7-,8+,9+/m0/s1. The van der Waals surface area contributed by atoms with E-state index in [1.165, 1.54) is 0 Å². The molecule has 0 unspecified atom stereocenters. The number of amides is 1. The molecule has 2 N–H and O–H groups in total. The Balaban J connectivity index is 2.56. The highest BCUT2D eigenvalue weighted by atomic mass is 19.4. The van der Waals surface area contributed by atoms with Gasteiger partial charge in [0.1, 0.15) is 5.60 Å². The molecule has 0 saturated heterocycles. The number of aliphatic hydroxyl groups is 1. The molecule has 19 heavy (non-hydrogen) atoms. The van der Waals surface area contributed by atoms with Gasteiger partial charge in [-0.05, 0) is 40.0 Å². The predicted octanol–water partition coefficient (Wildman–Crippen LogP) is 2.60. The molecule has 1 rings (SSSR count). The molecule has 0 aromatic rings. The van der Waals surface area contributed by atoms with E-state index in [1.54, 1.807) is 20.8 Å². The van der Waals surface area contributed by atoms with Crippen LogP contribution in [0.25, 0.3) is 0 Å². The fourth-order valence-electron chi connectivity index (χ4n) is 2.15. The molecule has 1 aliphatic carbocycles. The van der Waals surface area contributed by atoms with Crippen molar-refractivity contribution < 1.29 is 27.8 Å². The van der Waals surface area contributed by atoms with Crippen LogP contribution >= 0.6 is 0 Å². The van der Waals surface area contributed by atoms with E-state index in [4.69, 9.17) is 4.74 Å². The van der Waals surface area contributed by atoms with Gasteiger partial charge in [0.25, 0.3) is 0 Å². The van der Waals surface area contributed by atoms with E-state index in [-0.39, 0.29) is 19.3 Å². The zero-order valence-corrected chi connectivity index (χ0v) is 11.3. The lowest BCUT2D eigenvalue weighted by Gasteiger charge is -2.34. The zero-order chi connectivity index (χ0) is 14.8. The van der Waals surface area contributed by atoms with E-state index < -0.39 is 35.9 Å². The summed E-state index contributed by atoms with van der Waals surface area (Å²) in [4.78, 5) is 11.5. The van der Waals surface area contributed by atoms with Crippen LogP contribution in [0.3, 0.4) is 0 Å². The third-order valence-electron chi connectivity index (χ3n) is 2.87. The average Bonchev–Trinajstić information content (AvgIpc) is 2.11. The Hall–Kier alpha value is -0.980. The highest BCUT2D eigenvalue weighted by Crippen LogP contribution is 2.37. The first kappa shape index (κ1) is 16.1. The van der Waals surface area contributed by atoms with Gasteiger partial charge in [0.15, 0.2) is 0 Å². The van der Waals surface area contributed by atoms with Gasteiger partial charge in [-0.15, -0.1) is 0 Å². The molecular formula is C12H20F3NO3. The van der Waals surface area contributed by atoms with Crippen molar-refractivity contribution in [3.8, 4) is 0 Å². The summed E-state index contributed by atoms with van der Waals surface area (Å²) >= 11 is 0. The molecule has 1 fully saturated rings. The number of alkyl halides is 3. The van der Waals surface area contributed by atoms with Gasteiger partial charge >= 0.3 is 12.3 Å². The zero-order valence-electron chi connectivity index (χ0n) is 11.3. The molecule has 0 aromatic carbocycles. The van der Waals surface area contributed by atoms with E-state index >= 15 is 0 Å². The highest BCUT2D eigenvalue weighted by molar-refractivity contribution is 5.68. The number of aliphatic hydroxyl groups excluding tert-OH is 1. The molecule has 4 nitrogen and oxygen atoms in total. The molecule has 1 aliphatic rings. The quantitative estimate of drug-likeness (QED) is 0.777. The van der Waals surface area contributed by atoms with E-state index in [1.807, 2.05) is 0 Å². The van der Waals surface area contributed by atoms with Crippen molar-refractivity contribution in [3.05, 3.63) is 0 Å². The highest BCUT2D eigenvalue weighted by Gasteiger charge is 2.45. The van der Waals surface area contributed by atoms with E-state index in [9.17, 15) is 23.1 Å². The molecular weight excluding hydrogens is 263 g/mol. The summed E-state index contributed by atoms with van der Waals surface area (Å²) in [5.74, 6) is -1.59. The third kappa shape index (κ3) is 5.67. The number of alkyl carbamates (subject to hydrolysis) is 1. The summed E-state index contributed by atoms with van der Waals surface area (Å²) in [5, 5.41) is 11.9. The van der Waals surface area contributed by atoms with Crippen molar-refractivity contribution in [1.29, 1.82) is 0 Å². The van der Waals surface area contributed by atoms with Crippen molar-refractivity contribution in [2.45, 2.75) is 64.0 Å². The maximum atomic E-state index is 12.6.